The second-order valence-electron chi connectivity index (χ2n) is 7.04. The summed E-state index contributed by atoms with van der Waals surface area (Å²) in [6.07, 6.45) is 1.89. The summed E-state index contributed by atoms with van der Waals surface area (Å²) < 4.78 is 18.2. The fourth-order valence-corrected chi connectivity index (χ4v) is 3.69. The average Bonchev–Trinajstić information content (AvgIpc) is 3.17. The normalized spacial score (nSPS) is 10.7. The molecule has 0 radical (unpaired) electrons. The van der Waals surface area contributed by atoms with Crippen LogP contribution in [0.4, 0.5) is 5.69 Å². The number of para-hydroxylation sites is 1. The summed E-state index contributed by atoms with van der Waals surface area (Å²) in [5.41, 5.74) is 3.32. The lowest BCUT2D eigenvalue weighted by Gasteiger charge is -2.14. The maximum atomic E-state index is 13.2. The number of benzene rings is 3. The van der Waals surface area contributed by atoms with E-state index in [-0.39, 0.29) is 5.91 Å². The quantitative estimate of drug-likeness (QED) is 0.462. The van der Waals surface area contributed by atoms with Crippen LogP contribution in [-0.4, -0.2) is 31.8 Å². The van der Waals surface area contributed by atoms with E-state index in [1.165, 1.54) is 5.56 Å². The van der Waals surface area contributed by atoms with Crippen LogP contribution in [0.2, 0.25) is 0 Å². The molecule has 0 aliphatic carbocycles. The van der Waals surface area contributed by atoms with Crippen LogP contribution in [0.1, 0.15) is 15.9 Å². The van der Waals surface area contributed by atoms with E-state index in [9.17, 15) is 4.79 Å². The molecule has 6 nitrogen and oxygen atoms in total. The van der Waals surface area contributed by atoms with E-state index < -0.39 is 0 Å². The van der Waals surface area contributed by atoms with Gasteiger partial charge in [0.1, 0.15) is 0 Å². The summed E-state index contributed by atoms with van der Waals surface area (Å²) in [6.45, 7) is 0.679. The molecule has 0 saturated heterocycles. The standard InChI is InChI=1S/C25H24N2O4/c1-29-22-13-18(14-23(30-2)24(22)31-3)26-25(28)20-16-27(15-17-9-5-4-6-10-17)21-12-8-7-11-19(20)21/h4-14,16H,15H2,1-3H3,(H,26,28). The largest absolute Gasteiger partial charge is 0.493 e. The Bertz CT molecular complexity index is 1190. The van der Waals surface area contributed by atoms with Gasteiger partial charge in [-0.15, -0.1) is 0 Å². The highest BCUT2D eigenvalue weighted by molar-refractivity contribution is 6.13. The molecule has 0 aliphatic rings. The van der Waals surface area contributed by atoms with E-state index in [1.807, 2.05) is 48.7 Å². The average molecular weight is 416 g/mol. The highest BCUT2D eigenvalue weighted by atomic mass is 16.5. The van der Waals surface area contributed by atoms with Gasteiger partial charge < -0.3 is 24.1 Å². The summed E-state index contributed by atoms with van der Waals surface area (Å²) in [6, 6.07) is 21.5. The number of hydrogen-bond donors (Lipinski definition) is 1. The number of nitrogens with zero attached hydrogens (tertiary/aromatic N) is 1. The molecule has 0 saturated carbocycles. The monoisotopic (exact) mass is 416 g/mol. The van der Waals surface area contributed by atoms with E-state index in [1.54, 1.807) is 33.5 Å². The smallest absolute Gasteiger partial charge is 0.257 e. The molecule has 1 amide bonds. The summed E-state index contributed by atoms with van der Waals surface area (Å²) >= 11 is 0. The van der Waals surface area contributed by atoms with Crippen molar-refractivity contribution in [3.8, 4) is 17.2 Å². The maximum Gasteiger partial charge on any atom is 0.257 e. The van der Waals surface area contributed by atoms with Crippen LogP contribution in [0.25, 0.3) is 10.9 Å². The van der Waals surface area contributed by atoms with Crippen molar-refractivity contribution < 1.29 is 19.0 Å². The zero-order valence-electron chi connectivity index (χ0n) is 17.7. The van der Waals surface area contributed by atoms with Crippen molar-refractivity contribution in [3.63, 3.8) is 0 Å². The van der Waals surface area contributed by atoms with Crippen molar-refractivity contribution in [2.24, 2.45) is 0 Å². The maximum absolute atomic E-state index is 13.2. The predicted molar refractivity (Wildman–Crippen MR) is 122 cm³/mol. The molecule has 0 unspecified atom stereocenters. The van der Waals surface area contributed by atoms with Gasteiger partial charge in [-0.2, -0.15) is 0 Å². The number of hydrogen-bond acceptors (Lipinski definition) is 4. The van der Waals surface area contributed by atoms with Crippen LogP contribution >= 0.6 is 0 Å². The van der Waals surface area contributed by atoms with E-state index >= 15 is 0 Å². The van der Waals surface area contributed by atoms with Crippen molar-refractivity contribution in [3.05, 3.63) is 84.1 Å². The van der Waals surface area contributed by atoms with Crippen LogP contribution in [0.5, 0.6) is 17.2 Å². The number of methoxy groups -OCH3 is 3. The van der Waals surface area contributed by atoms with Crippen LogP contribution in [0.3, 0.4) is 0 Å². The third-order valence-corrected chi connectivity index (χ3v) is 5.15. The van der Waals surface area contributed by atoms with Gasteiger partial charge in [-0.25, -0.2) is 0 Å². The molecule has 0 aliphatic heterocycles. The summed E-state index contributed by atoms with van der Waals surface area (Å²) in [4.78, 5) is 13.2. The van der Waals surface area contributed by atoms with Crippen molar-refractivity contribution >= 4 is 22.5 Å². The third kappa shape index (κ3) is 4.05. The Labute approximate surface area is 181 Å². The first-order valence-electron chi connectivity index (χ1n) is 9.87. The Kier molecular flexibility index (Phi) is 5.80. The molecule has 0 fully saturated rings. The molecule has 1 aromatic heterocycles. The Morgan fingerprint density at radius 2 is 1.52 bits per heavy atom. The lowest BCUT2D eigenvalue weighted by molar-refractivity contribution is 0.102. The predicted octanol–water partition coefficient (Wildman–Crippen LogP) is 4.97. The van der Waals surface area contributed by atoms with Crippen molar-refractivity contribution in [2.45, 2.75) is 6.54 Å². The van der Waals surface area contributed by atoms with Gasteiger partial charge in [-0.05, 0) is 11.6 Å². The van der Waals surface area contributed by atoms with Crippen molar-refractivity contribution in [1.82, 2.24) is 4.57 Å². The Hall–Kier alpha value is -3.93. The number of anilines is 1. The second-order valence-corrected chi connectivity index (χ2v) is 7.04. The van der Waals surface area contributed by atoms with Gasteiger partial charge in [-0.3, -0.25) is 4.79 Å². The lowest BCUT2D eigenvalue weighted by Crippen LogP contribution is -2.12. The van der Waals surface area contributed by atoms with E-state index in [4.69, 9.17) is 14.2 Å². The van der Waals surface area contributed by atoms with E-state index in [0.717, 1.165) is 10.9 Å². The van der Waals surface area contributed by atoms with Gasteiger partial charge in [0.25, 0.3) is 5.91 Å². The summed E-state index contributed by atoms with van der Waals surface area (Å²) in [7, 11) is 4.63. The number of carbonyl (C=O) groups is 1. The molecule has 1 heterocycles. The number of amides is 1. The second kappa shape index (κ2) is 8.83. The number of carbonyl (C=O) groups excluding carboxylic acids is 1. The Balaban J connectivity index is 1.69. The molecule has 1 N–H and O–H groups in total. The molecule has 158 valence electrons. The van der Waals surface area contributed by atoms with Gasteiger partial charge >= 0.3 is 0 Å². The van der Waals surface area contributed by atoms with Crippen LogP contribution < -0.4 is 19.5 Å². The molecule has 6 heteroatoms. The molecule has 0 atom stereocenters. The van der Waals surface area contributed by atoms with Crippen molar-refractivity contribution in [1.29, 1.82) is 0 Å². The SMILES string of the molecule is COc1cc(NC(=O)c2cn(Cc3ccccc3)c3ccccc23)cc(OC)c1OC. The third-order valence-electron chi connectivity index (χ3n) is 5.15. The Morgan fingerprint density at radius 1 is 0.871 bits per heavy atom. The fraction of sp³-hybridized carbons (Fsp3) is 0.160. The number of fused-ring (bicyclic) bond motifs is 1. The molecule has 4 aromatic rings. The topological polar surface area (TPSA) is 61.7 Å². The fourth-order valence-electron chi connectivity index (χ4n) is 3.69. The molecule has 0 spiro atoms. The zero-order valence-corrected chi connectivity index (χ0v) is 17.7. The minimum Gasteiger partial charge on any atom is -0.493 e. The molecule has 0 bridgehead atoms. The number of ether oxygens (including phenoxy) is 3. The minimum atomic E-state index is -0.211. The molecule has 3 aromatic carbocycles. The zero-order chi connectivity index (χ0) is 21.8. The van der Waals surface area contributed by atoms with E-state index in [2.05, 4.69) is 22.0 Å². The van der Waals surface area contributed by atoms with Crippen LogP contribution in [-0.2, 0) is 6.54 Å². The highest BCUT2D eigenvalue weighted by Crippen LogP contribution is 2.40. The van der Waals surface area contributed by atoms with Crippen LogP contribution in [0, 0.1) is 0 Å². The highest BCUT2D eigenvalue weighted by Gasteiger charge is 2.18. The van der Waals surface area contributed by atoms with Gasteiger partial charge in [0.15, 0.2) is 11.5 Å². The van der Waals surface area contributed by atoms with Crippen LogP contribution in [0.15, 0.2) is 72.9 Å². The summed E-state index contributed by atoms with van der Waals surface area (Å²) in [5, 5.41) is 3.85. The van der Waals surface area contributed by atoms with Gasteiger partial charge in [-0.1, -0.05) is 48.5 Å². The number of nitrogens with one attached hydrogen (secondary N) is 1. The molecular formula is C25H24N2O4. The number of aromatic nitrogens is 1. The first-order chi connectivity index (χ1) is 15.1. The molecule has 4 rings (SSSR count). The number of rotatable bonds is 7. The Morgan fingerprint density at radius 3 is 2.16 bits per heavy atom. The van der Waals surface area contributed by atoms with Gasteiger partial charge in [0, 0.05) is 41.5 Å². The molecule has 31 heavy (non-hydrogen) atoms. The van der Waals surface area contributed by atoms with Gasteiger partial charge in [0.2, 0.25) is 5.75 Å². The first kappa shape index (κ1) is 20.3. The lowest BCUT2D eigenvalue weighted by atomic mass is 10.1. The summed E-state index contributed by atoms with van der Waals surface area (Å²) in [5.74, 6) is 1.21. The molecular weight excluding hydrogens is 392 g/mol. The van der Waals surface area contributed by atoms with Crippen molar-refractivity contribution in [2.75, 3.05) is 26.6 Å². The minimum absolute atomic E-state index is 0.211. The van der Waals surface area contributed by atoms with Gasteiger partial charge in [0.05, 0.1) is 26.9 Å². The first-order valence-corrected chi connectivity index (χ1v) is 9.87. The van der Waals surface area contributed by atoms with E-state index in [0.29, 0.717) is 35.0 Å².